The smallest absolute Gasteiger partial charge is 0.242 e. The lowest BCUT2D eigenvalue weighted by atomic mass is 10.1. The minimum atomic E-state index is -0.393. The number of benzene rings is 4. The fourth-order valence-electron chi connectivity index (χ4n) is 3.54. The van der Waals surface area contributed by atoms with E-state index in [1.54, 1.807) is 0 Å². The van der Waals surface area contributed by atoms with E-state index < -0.39 is 5.25 Å². The molecule has 1 amide bonds. The Balaban J connectivity index is 1.46. The molecule has 4 aromatic carbocycles. The van der Waals surface area contributed by atoms with Gasteiger partial charge in [-0.25, -0.2) is 0 Å². The number of thiocarbonyl (C=S) groups is 1. The van der Waals surface area contributed by atoms with Gasteiger partial charge < -0.3 is 16.0 Å². The van der Waals surface area contributed by atoms with E-state index in [1.807, 2.05) is 117 Å². The van der Waals surface area contributed by atoms with Crippen molar-refractivity contribution in [2.75, 3.05) is 16.0 Å². The Morgan fingerprint density at radius 3 is 2.00 bits per heavy atom. The molecule has 1 unspecified atom stereocenters. The van der Waals surface area contributed by atoms with Crippen LogP contribution in [0.15, 0.2) is 108 Å². The molecule has 6 heteroatoms. The number of hydrogen-bond donors (Lipinski definition) is 3. The summed E-state index contributed by atoms with van der Waals surface area (Å²) in [4.78, 5) is 14.4. The van der Waals surface area contributed by atoms with Crippen LogP contribution >= 0.6 is 24.0 Å². The maximum Gasteiger partial charge on any atom is 0.242 e. The Labute approximate surface area is 216 Å². The first-order valence-electron chi connectivity index (χ1n) is 11.3. The van der Waals surface area contributed by atoms with Crippen LogP contribution in [0.4, 0.5) is 17.1 Å². The van der Waals surface area contributed by atoms with Gasteiger partial charge in [-0.2, -0.15) is 0 Å². The molecule has 0 aliphatic heterocycles. The van der Waals surface area contributed by atoms with Crippen molar-refractivity contribution in [1.82, 2.24) is 0 Å². The van der Waals surface area contributed by atoms with E-state index in [-0.39, 0.29) is 5.91 Å². The van der Waals surface area contributed by atoms with Gasteiger partial charge in [-0.3, -0.25) is 4.79 Å². The number of thioether (sulfide) groups is 1. The van der Waals surface area contributed by atoms with Crippen molar-refractivity contribution < 1.29 is 4.79 Å². The summed E-state index contributed by atoms with van der Waals surface area (Å²) in [5.41, 5.74) is 5.75. The molecular weight excluding hydrogens is 470 g/mol. The van der Waals surface area contributed by atoms with Crippen molar-refractivity contribution in [2.45, 2.75) is 24.0 Å². The van der Waals surface area contributed by atoms with Crippen LogP contribution in [0.3, 0.4) is 0 Å². The van der Waals surface area contributed by atoms with Gasteiger partial charge in [0, 0.05) is 22.0 Å². The summed E-state index contributed by atoms with van der Waals surface area (Å²) in [5, 5.41) is 9.63. The van der Waals surface area contributed by atoms with Gasteiger partial charge in [0.25, 0.3) is 0 Å². The number of aryl methyl sites for hydroxylation is 2. The topological polar surface area (TPSA) is 53.2 Å². The second kappa shape index (κ2) is 11.7. The van der Waals surface area contributed by atoms with Crippen LogP contribution in [-0.4, -0.2) is 11.0 Å². The fourth-order valence-corrected chi connectivity index (χ4v) is 4.80. The maximum atomic E-state index is 13.4. The number of carbonyl (C=O) groups is 1. The third-order valence-electron chi connectivity index (χ3n) is 5.39. The lowest BCUT2D eigenvalue weighted by Crippen LogP contribution is -2.20. The second-order valence-electron chi connectivity index (χ2n) is 8.19. The van der Waals surface area contributed by atoms with Crippen molar-refractivity contribution in [3.05, 3.63) is 120 Å². The molecule has 0 spiro atoms. The van der Waals surface area contributed by atoms with Crippen molar-refractivity contribution >= 4 is 52.1 Å². The number of anilines is 3. The zero-order valence-corrected chi connectivity index (χ0v) is 21.3. The molecule has 0 aromatic heterocycles. The van der Waals surface area contributed by atoms with Gasteiger partial charge in [0.2, 0.25) is 5.91 Å². The van der Waals surface area contributed by atoms with Crippen molar-refractivity contribution in [1.29, 1.82) is 0 Å². The number of rotatable bonds is 7. The highest BCUT2D eigenvalue weighted by Crippen LogP contribution is 2.37. The van der Waals surface area contributed by atoms with Crippen molar-refractivity contribution in [2.24, 2.45) is 0 Å². The largest absolute Gasteiger partial charge is 0.332 e. The molecule has 176 valence electrons. The van der Waals surface area contributed by atoms with Crippen LogP contribution in [0, 0.1) is 13.8 Å². The molecule has 4 rings (SSSR count). The van der Waals surface area contributed by atoms with Gasteiger partial charge in [-0.1, -0.05) is 60.7 Å². The van der Waals surface area contributed by atoms with Gasteiger partial charge in [-0.05, 0) is 85.2 Å². The van der Waals surface area contributed by atoms with Gasteiger partial charge in [0.1, 0.15) is 5.25 Å². The van der Waals surface area contributed by atoms with Crippen LogP contribution in [0.1, 0.15) is 21.9 Å². The standard InChI is InChI=1S/C29H27N3OS2/c1-20-13-14-21(2)26(19-20)32-28(33)27(22-9-5-3-6-10-22)35-25-17-15-24(16-18-25)31-29(34)30-23-11-7-4-8-12-23/h3-19,27H,1-2H3,(H,32,33)(H2,30,31,34). The van der Waals surface area contributed by atoms with Crippen LogP contribution < -0.4 is 16.0 Å². The predicted octanol–water partition coefficient (Wildman–Crippen LogP) is 7.58. The van der Waals surface area contributed by atoms with Gasteiger partial charge in [0.15, 0.2) is 5.11 Å². The van der Waals surface area contributed by atoms with E-state index in [1.165, 1.54) is 11.8 Å². The molecule has 4 aromatic rings. The molecule has 3 N–H and O–H groups in total. The average Bonchev–Trinajstić information content (AvgIpc) is 2.87. The molecule has 35 heavy (non-hydrogen) atoms. The zero-order valence-electron chi connectivity index (χ0n) is 19.6. The molecule has 4 nitrogen and oxygen atoms in total. The first-order chi connectivity index (χ1) is 17.0. The summed E-state index contributed by atoms with van der Waals surface area (Å²) in [5.74, 6) is -0.0506. The second-order valence-corrected chi connectivity index (χ2v) is 9.77. The molecule has 0 aliphatic rings. The van der Waals surface area contributed by atoms with E-state index in [0.717, 1.165) is 38.6 Å². The molecular formula is C29H27N3OS2. The highest BCUT2D eigenvalue weighted by atomic mass is 32.2. The minimum Gasteiger partial charge on any atom is -0.332 e. The van der Waals surface area contributed by atoms with Crippen LogP contribution in [-0.2, 0) is 4.79 Å². The molecule has 0 saturated carbocycles. The van der Waals surface area contributed by atoms with Crippen LogP contribution in [0.25, 0.3) is 0 Å². The number of carbonyl (C=O) groups excluding carboxylic acids is 1. The van der Waals surface area contributed by atoms with Crippen LogP contribution in [0.2, 0.25) is 0 Å². The number of hydrogen-bond acceptors (Lipinski definition) is 3. The quantitative estimate of drug-likeness (QED) is 0.181. The number of para-hydroxylation sites is 1. The Hall–Kier alpha value is -3.61. The Morgan fingerprint density at radius 2 is 1.34 bits per heavy atom. The molecule has 0 heterocycles. The summed E-state index contributed by atoms with van der Waals surface area (Å²) in [6.45, 7) is 4.03. The summed E-state index contributed by atoms with van der Waals surface area (Å²) < 4.78 is 0. The minimum absolute atomic E-state index is 0.0506. The van der Waals surface area contributed by atoms with E-state index in [4.69, 9.17) is 12.2 Å². The normalized spacial score (nSPS) is 11.4. The first kappa shape index (κ1) is 24.5. The number of amides is 1. The zero-order chi connectivity index (χ0) is 24.6. The third kappa shape index (κ3) is 6.94. The van der Waals surface area contributed by atoms with Crippen molar-refractivity contribution in [3.63, 3.8) is 0 Å². The average molecular weight is 498 g/mol. The molecule has 0 fully saturated rings. The lowest BCUT2D eigenvalue weighted by molar-refractivity contribution is -0.115. The van der Waals surface area contributed by atoms with E-state index in [2.05, 4.69) is 16.0 Å². The lowest BCUT2D eigenvalue weighted by Gasteiger charge is -2.18. The summed E-state index contributed by atoms with van der Waals surface area (Å²) in [6, 6.07) is 33.7. The monoisotopic (exact) mass is 497 g/mol. The molecule has 0 saturated heterocycles. The molecule has 0 aliphatic carbocycles. The predicted molar refractivity (Wildman–Crippen MR) is 152 cm³/mol. The third-order valence-corrected chi connectivity index (χ3v) is 6.86. The maximum absolute atomic E-state index is 13.4. The van der Waals surface area contributed by atoms with Gasteiger partial charge in [-0.15, -0.1) is 11.8 Å². The summed E-state index contributed by atoms with van der Waals surface area (Å²) in [7, 11) is 0. The Bertz CT molecular complexity index is 1290. The molecule has 0 bridgehead atoms. The molecule has 0 radical (unpaired) electrons. The van der Waals surface area contributed by atoms with Gasteiger partial charge >= 0.3 is 0 Å². The van der Waals surface area contributed by atoms with Gasteiger partial charge in [0.05, 0.1) is 0 Å². The summed E-state index contributed by atoms with van der Waals surface area (Å²) >= 11 is 6.94. The first-order valence-corrected chi connectivity index (χ1v) is 12.6. The van der Waals surface area contributed by atoms with E-state index in [0.29, 0.717) is 5.11 Å². The van der Waals surface area contributed by atoms with Crippen LogP contribution in [0.5, 0.6) is 0 Å². The summed E-state index contributed by atoms with van der Waals surface area (Å²) in [6.07, 6.45) is 0. The van der Waals surface area contributed by atoms with E-state index >= 15 is 0 Å². The fraction of sp³-hybridized carbons (Fsp3) is 0.103. The number of nitrogens with one attached hydrogen (secondary N) is 3. The van der Waals surface area contributed by atoms with E-state index in [9.17, 15) is 4.79 Å². The SMILES string of the molecule is Cc1ccc(C)c(NC(=O)C(Sc2ccc(NC(=S)Nc3ccccc3)cc2)c2ccccc2)c1. The molecule has 1 atom stereocenters. The Morgan fingerprint density at radius 1 is 0.743 bits per heavy atom. The highest BCUT2D eigenvalue weighted by molar-refractivity contribution is 8.00. The Kier molecular flexibility index (Phi) is 8.19. The van der Waals surface area contributed by atoms with Crippen molar-refractivity contribution in [3.8, 4) is 0 Å². The highest BCUT2D eigenvalue weighted by Gasteiger charge is 2.22.